The number of nitrogens with zero attached hydrogens (tertiary/aromatic N) is 1. The van der Waals surface area contributed by atoms with Crippen LogP contribution in [0.3, 0.4) is 0 Å². The van der Waals surface area contributed by atoms with E-state index in [2.05, 4.69) is 16.0 Å². The zero-order valence-electron chi connectivity index (χ0n) is 22.2. The number of anilines is 1. The van der Waals surface area contributed by atoms with Gasteiger partial charge in [0.15, 0.2) is 12.4 Å². The van der Waals surface area contributed by atoms with Crippen LogP contribution in [0.2, 0.25) is 0 Å². The summed E-state index contributed by atoms with van der Waals surface area (Å²) in [7, 11) is 0. The summed E-state index contributed by atoms with van der Waals surface area (Å²) in [4.78, 5) is 34.4. The van der Waals surface area contributed by atoms with Crippen LogP contribution in [0.4, 0.5) is 15.3 Å². The van der Waals surface area contributed by atoms with Crippen molar-refractivity contribution in [2.45, 2.75) is 26.3 Å². The summed E-state index contributed by atoms with van der Waals surface area (Å²) in [5.41, 5.74) is 4.49. The van der Waals surface area contributed by atoms with Crippen LogP contribution in [-0.4, -0.2) is 24.6 Å². The van der Waals surface area contributed by atoms with Crippen molar-refractivity contribution in [3.8, 4) is 16.9 Å². The fraction of sp³-hybridized carbons (Fsp3) is 0.161. The molecule has 0 unspecified atom stereocenters. The standard InChI is InChI=1S/C31H30N4O6/c36-29(37)16-17-32-31(39)41-22-35-18-6-7-24(20-35)19-33-30(38)34-26-14-12-23(13-15-26)21-40-28-11-5-4-10-27(28)25-8-2-1-3-9-25/h1-15,18,20H,16-17,19,21-22H2,(H3-,32,33,34,36,37,38,39). The molecule has 0 radical (unpaired) electrons. The number of pyridine rings is 1. The Morgan fingerprint density at radius 1 is 0.805 bits per heavy atom. The smallest absolute Gasteiger partial charge is 0.412 e. The summed E-state index contributed by atoms with van der Waals surface area (Å²) < 4.78 is 12.8. The zero-order valence-corrected chi connectivity index (χ0v) is 22.2. The number of urea groups is 1. The summed E-state index contributed by atoms with van der Waals surface area (Å²) >= 11 is 0. The maximum Gasteiger partial charge on any atom is 0.412 e. The maximum atomic E-state index is 12.4. The number of para-hydroxylation sites is 1. The van der Waals surface area contributed by atoms with E-state index in [4.69, 9.17) is 9.47 Å². The molecule has 3 N–H and O–H groups in total. The van der Waals surface area contributed by atoms with E-state index in [0.29, 0.717) is 12.3 Å². The molecule has 0 saturated carbocycles. The van der Waals surface area contributed by atoms with Gasteiger partial charge in [0.2, 0.25) is 0 Å². The molecule has 3 amide bonds. The maximum absolute atomic E-state index is 12.4. The quantitative estimate of drug-likeness (QED) is 0.230. The molecular formula is C31H30N4O6. The van der Waals surface area contributed by atoms with Crippen molar-refractivity contribution in [1.82, 2.24) is 10.6 Å². The van der Waals surface area contributed by atoms with E-state index < -0.39 is 12.1 Å². The number of nitrogens with one attached hydrogen (secondary N) is 3. The van der Waals surface area contributed by atoms with Crippen molar-refractivity contribution in [2.75, 3.05) is 11.9 Å². The monoisotopic (exact) mass is 554 g/mol. The summed E-state index contributed by atoms with van der Waals surface area (Å²) in [6.45, 7) is 0.475. The molecule has 10 nitrogen and oxygen atoms in total. The number of amides is 3. The average Bonchev–Trinajstić information content (AvgIpc) is 2.99. The molecule has 1 heterocycles. The molecule has 41 heavy (non-hydrogen) atoms. The number of hydrogen-bond acceptors (Lipinski definition) is 6. The Hall–Kier alpha value is -5.38. The fourth-order valence-electron chi connectivity index (χ4n) is 3.86. The third kappa shape index (κ3) is 9.39. The van der Waals surface area contributed by atoms with Gasteiger partial charge in [-0.05, 0) is 35.4 Å². The van der Waals surface area contributed by atoms with Gasteiger partial charge < -0.3 is 35.3 Å². The second-order valence-electron chi connectivity index (χ2n) is 8.99. The lowest BCUT2D eigenvalue weighted by Gasteiger charge is -2.12. The Labute approximate surface area is 237 Å². The molecule has 1 aromatic heterocycles. The lowest BCUT2D eigenvalue weighted by molar-refractivity contribution is -0.727. The Morgan fingerprint density at radius 2 is 1.56 bits per heavy atom. The van der Waals surface area contributed by atoms with E-state index in [1.165, 1.54) is 0 Å². The van der Waals surface area contributed by atoms with Gasteiger partial charge in [0.25, 0.3) is 6.73 Å². The van der Waals surface area contributed by atoms with Gasteiger partial charge in [0.05, 0.1) is 6.54 Å². The third-order valence-corrected chi connectivity index (χ3v) is 5.89. The second kappa shape index (κ2) is 14.7. The molecule has 3 aromatic carbocycles. The first-order valence-electron chi connectivity index (χ1n) is 13.0. The lowest BCUT2D eigenvalue weighted by Crippen LogP contribution is -2.39. The van der Waals surface area contributed by atoms with Gasteiger partial charge in [-0.3, -0.25) is 0 Å². The van der Waals surface area contributed by atoms with Crippen LogP contribution >= 0.6 is 0 Å². The molecule has 0 aliphatic carbocycles. The van der Waals surface area contributed by atoms with Crippen molar-refractivity contribution in [1.29, 1.82) is 0 Å². The van der Waals surface area contributed by atoms with Crippen LogP contribution in [0.1, 0.15) is 17.5 Å². The number of aliphatic carboxylic acids is 1. The number of rotatable bonds is 12. The van der Waals surface area contributed by atoms with Crippen LogP contribution < -0.4 is 30.4 Å². The molecule has 0 saturated heterocycles. The van der Waals surface area contributed by atoms with E-state index in [9.17, 15) is 19.5 Å². The number of aromatic nitrogens is 1. The highest BCUT2D eigenvalue weighted by molar-refractivity contribution is 5.89. The van der Waals surface area contributed by atoms with E-state index in [1.54, 1.807) is 23.0 Å². The SMILES string of the molecule is O=C([O-])CCNC(=O)OC[n+]1cccc(CNC(=O)Nc2ccc(COc3ccccc3-c3ccccc3)cc2)c1. The van der Waals surface area contributed by atoms with Gasteiger partial charge in [-0.25, -0.2) is 9.59 Å². The van der Waals surface area contributed by atoms with Crippen molar-refractivity contribution in [3.05, 3.63) is 115 Å². The van der Waals surface area contributed by atoms with Crippen molar-refractivity contribution < 1.29 is 33.5 Å². The van der Waals surface area contributed by atoms with Crippen molar-refractivity contribution in [3.63, 3.8) is 0 Å². The van der Waals surface area contributed by atoms with Gasteiger partial charge in [-0.1, -0.05) is 60.7 Å². The summed E-state index contributed by atoms with van der Waals surface area (Å²) in [6.07, 6.45) is 2.38. The second-order valence-corrected chi connectivity index (χ2v) is 8.99. The van der Waals surface area contributed by atoms with Crippen LogP contribution in [0.15, 0.2) is 103 Å². The number of carboxylic acid groups (broad SMARTS) is 1. The molecule has 210 valence electrons. The van der Waals surface area contributed by atoms with E-state index >= 15 is 0 Å². The minimum absolute atomic E-state index is 0.0783. The molecule has 0 atom stereocenters. The number of hydrogen-bond donors (Lipinski definition) is 3. The van der Waals surface area contributed by atoms with Crippen LogP contribution in [0.25, 0.3) is 11.1 Å². The number of alkyl carbamates (subject to hydrolysis) is 1. The topological polar surface area (TPSA) is 133 Å². The van der Waals surface area contributed by atoms with Crippen LogP contribution in [0, 0.1) is 0 Å². The first-order valence-corrected chi connectivity index (χ1v) is 13.0. The highest BCUT2D eigenvalue weighted by Gasteiger charge is 2.09. The lowest BCUT2D eigenvalue weighted by atomic mass is 10.0. The summed E-state index contributed by atoms with van der Waals surface area (Å²) in [5.74, 6) is -0.460. The Bertz CT molecular complexity index is 1460. The molecule has 10 heteroatoms. The molecule has 4 rings (SSSR count). The number of carbonyl (C=O) groups is 3. The van der Waals surface area contributed by atoms with E-state index in [0.717, 1.165) is 28.0 Å². The largest absolute Gasteiger partial charge is 0.550 e. The third-order valence-electron chi connectivity index (χ3n) is 5.89. The highest BCUT2D eigenvalue weighted by atomic mass is 16.6. The van der Waals surface area contributed by atoms with Crippen LogP contribution in [0.5, 0.6) is 5.75 Å². The molecule has 0 fully saturated rings. The minimum atomic E-state index is -1.26. The number of carboxylic acids is 1. The first-order chi connectivity index (χ1) is 20.0. The predicted molar refractivity (Wildman–Crippen MR) is 149 cm³/mol. The first kappa shape index (κ1) is 28.6. The van der Waals surface area contributed by atoms with Crippen LogP contribution in [-0.2, 0) is 29.4 Å². The number of ether oxygens (including phenoxy) is 2. The molecule has 0 aliphatic rings. The van der Waals surface area contributed by atoms with Gasteiger partial charge in [-0.15, -0.1) is 0 Å². The Balaban J connectivity index is 1.21. The van der Waals surface area contributed by atoms with Gasteiger partial charge in [0.1, 0.15) is 12.4 Å². The highest BCUT2D eigenvalue weighted by Crippen LogP contribution is 2.30. The average molecular weight is 555 g/mol. The van der Waals surface area contributed by atoms with Crippen molar-refractivity contribution in [2.24, 2.45) is 0 Å². The molecule has 4 aromatic rings. The van der Waals surface area contributed by atoms with E-state index in [1.807, 2.05) is 84.9 Å². The Kier molecular flexibility index (Phi) is 10.3. The van der Waals surface area contributed by atoms with Gasteiger partial charge >= 0.3 is 12.1 Å². The summed E-state index contributed by atoms with van der Waals surface area (Å²) in [5, 5.41) is 18.3. The molecular weight excluding hydrogens is 524 g/mol. The summed E-state index contributed by atoms with van der Waals surface area (Å²) in [6, 6.07) is 28.6. The van der Waals surface area contributed by atoms with Gasteiger partial charge in [-0.2, -0.15) is 4.57 Å². The normalized spacial score (nSPS) is 10.3. The van der Waals surface area contributed by atoms with Crippen molar-refractivity contribution >= 4 is 23.8 Å². The molecule has 0 bridgehead atoms. The number of benzene rings is 3. The van der Waals surface area contributed by atoms with Gasteiger partial charge in [0, 0.05) is 41.8 Å². The molecule has 0 aliphatic heterocycles. The van der Waals surface area contributed by atoms with E-state index in [-0.39, 0.29) is 32.3 Å². The fourth-order valence-corrected chi connectivity index (χ4v) is 3.86. The number of carbonyl (C=O) groups excluding carboxylic acids is 3. The predicted octanol–water partition coefficient (Wildman–Crippen LogP) is 3.37. The Morgan fingerprint density at radius 3 is 2.34 bits per heavy atom. The molecule has 0 spiro atoms. The zero-order chi connectivity index (χ0) is 28.9. The minimum Gasteiger partial charge on any atom is -0.550 e.